The molecule has 16 heavy (non-hydrogen) atoms. The van der Waals surface area contributed by atoms with Gasteiger partial charge in [0.1, 0.15) is 5.82 Å². The molecule has 0 aromatic carbocycles. The number of hydrogen-bond donors (Lipinski definition) is 2. The minimum atomic E-state index is -3.40. The summed E-state index contributed by atoms with van der Waals surface area (Å²) in [5.41, 5.74) is 5.74. The minimum Gasteiger partial charge on any atom is -0.332 e. The number of nitrogens with two attached hydrogens (primary N) is 1. The molecular formula is C9H16N4O2S. The second kappa shape index (κ2) is 4.15. The smallest absolute Gasteiger partial charge is 0.260 e. The van der Waals surface area contributed by atoms with Gasteiger partial charge in [0.15, 0.2) is 5.03 Å². The Morgan fingerprint density at radius 1 is 1.50 bits per heavy atom. The van der Waals surface area contributed by atoms with Crippen molar-refractivity contribution in [1.29, 1.82) is 0 Å². The zero-order valence-corrected chi connectivity index (χ0v) is 10.00. The average Bonchev–Trinajstić information content (AvgIpc) is 2.66. The Morgan fingerprint density at radius 3 is 2.62 bits per heavy atom. The van der Waals surface area contributed by atoms with Crippen LogP contribution >= 0.6 is 0 Å². The fourth-order valence-corrected chi connectivity index (χ4v) is 3.22. The molecule has 0 atom stereocenters. The first kappa shape index (κ1) is 11.6. The number of nitrogens with zero attached hydrogens (tertiary/aromatic N) is 2. The number of nitrogens with one attached hydrogen (secondary N) is 1. The second-order valence-electron chi connectivity index (χ2n) is 4.07. The van der Waals surface area contributed by atoms with Crippen molar-refractivity contribution < 1.29 is 8.42 Å². The first-order chi connectivity index (χ1) is 7.50. The van der Waals surface area contributed by atoms with Gasteiger partial charge >= 0.3 is 0 Å². The van der Waals surface area contributed by atoms with E-state index in [4.69, 9.17) is 5.73 Å². The van der Waals surface area contributed by atoms with Crippen LogP contribution in [-0.2, 0) is 10.0 Å². The van der Waals surface area contributed by atoms with E-state index in [0.717, 1.165) is 0 Å². The van der Waals surface area contributed by atoms with E-state index >= 15 is 0 Å². The molecule has 1 fully saturated rings. The highest BCUT2D eigenvalue weighted by Gasteiger charge is 2.29. The van der Waals surface area contributed by atoms with E-state index in [1.807, 2.05) is 0 Å². The van der Waals surface area contributed by atoms with Crippen LogP contribution in [0.15, 0.2) is 11.2 Å². The molecule has 3 N–H and O–H groups in total. The predicted molar refractivity (Wildman–Crippen MR) is 59.3 cm³/mol. The van der Waals surface area contributed by atoms with Crippen molar-refractivity contribution in [2.24, 2.45) is 5.73 Å². The summed E-state index contributed by atoms with van der Waals surface area (Å²) in [5.74, 6) is 0.604. The molecule has 0 aliphatic carbocycles. The van der Waals surface area contributed by atoms with Gasteiger partial charge in [-0.3, -0.25) is 0 Å². The SMILES string of the molecule is Cc1ncc(S(=O)(=O)N2CCC(N)CC2)[nH]1. The van der Waals surface area contributed by atoms with Crippen LogP contribution < -0.4 is 5.73 Å². The molecule has 2 rings (SSSR count). The lowest BCUT2D eigenvalue weighted by atomic mass is 10.1. The summed E-state index contributed by atoms with van der Waals surface area (Å²) in [6, 6.07) is 0.120. The van der Waals surface area contributed by atoms with Crippen LogP contribution in [0.1, 0.15) is 18.7 Å². The predicted octanol–water partition coefficient (Wildman–Crippen LogP) is -0.170. The number of H-pyrrole nitrogens is 1. The molecule has 0 unspecified atom stereocenters. The molecule has 7 heteroatoms. The van der Waals surface area contributed by atoms with Gasteiger partial charge in [-0.05, 0) is 19.8 Å². The Hall–Kier alpha value is -0.920. The van der Waals surface area contributed by atoms with Gasteiger partial charge < -0.3 is 10.7 Å². The van der Waals surface area contributed by atoms with Gasteiger partial charge in [-0.2, -0.15) is 4.31 Å². The largest absolute Gasteiger partial charge is 0.332 e. The lowest BCUT2D eigenvalue weighted by molar-refractivity contribution is 0.319. The third kappa shape index (κ3) is 2.11. The number of sulfonamides is 1. The van der Waals surface area contributed by atoms with Crippen LogP contribution in [0.5, 0.6) is 0 Å². The van der Waals surface area contributed by atoms with Gasteiger partial charge in [-0.1, -0.05) is 0 Å². The number of imidazole rings is 1. The maximum atomic E-state index is 12.1. The molecule has 0 saturated carbocycles. The third-order valence-electron chi connectivity index (χ3n) is 2.80. The quantitative estimate of drug-likeness (QED) is 0.755. The zero-order valence-electron chi connectivity index (χ0n) is 9.18. The van der Waals surface area contributed by atoms with Gasteiger partial charge in [-0.15, -0.1) is 0 Å². The van der Waals surface area contributed by atoms with Crippen molar-refractivity contribution in [2.75, 3.05) is 13.1 Å². The molecule has 0 radical (unpaired) electrons. The number of aromatic amines is 1. The van der Waals surface area contributed by atoms with Crippen molar-refractivity contribution >= 4 is 10.0 Å². The van der Waals surface area contributed by atoms with E-state index in [2.05, 4.69) is 9.97 Å². The van der Waals surface area contributed by atoms with Crippen LogP contribution in [0, 0.1) is 6.92 Å². The number of piperidine rings is 1. The molecule has 1 aromatic heterocycles. The summed E-state index contributed by atoms with van der Waals surface area (Å²) >= 11 is 0. The summed E-state index contributed by atoms with van der Waals surface area (Å²) < 4.78 is 25.7. The minimum absolute atomic E-state index is 0.120. The topological polar surface area (TPSA) is 92.1 Å². The highest BCUT2D eigenvalue weighted by molar-refractivity contribution is 7.89. The molecule has 0 bridgehead atoms. The fraction of sp³-hybridized carbons (Fsp3) is 0.667. The van der Waals surface area contributed by atoms with Crippen molar-refractivity contribution in [2.45, 2.75) is 30.8 Å². The molecule has 1 aromatic rings. The summed E-state index contributed by atoms with van der Waals surface area (Å²) in [6.07, 6.45) is 2.79. The molecule has 2 heterocycles. The van der Waals surface area contributed by atoms with Crippen LogP contribution in [0.2, 0.25) is 0 Å². The van der Waals surface area contributed by atoms with Crippen molar-refractivity contribution in [3.8, 4) is 0 Å². The first-order valence-corrected chi connectivity index (χ1v) is 6.71. The number of aromatic nitrogens is 2. The molecule has 1 aliphatic rings. The van der Waals surface area contributed by atoms with Crippen LogP contribution in [0.4, 0.5) is 0 Å². The molecule has 0 amide bonds. The van der Waals surface area contributed by atoms with Crippen molar-refractivity contribution in [3.05, 3.63) is 12.0 Å². The van der Waals surface area contributed by atoms with Crippen LogP contribution in [-0.4, -0.2) is 41.8 Å². The Labute approximate surface area is 94.9 Å². The van der Waals surface area contributed by atoms with E-state index < -0.39 is 10.0 Å². The normalized spacial score (nSPS) is 20.1. The third-order valence-corrected chi connectivity index (χ3v) is 4.60. The van der Waals surface area contributed by atoms with Gasteiger partial charge in [0.25, 0.3) is 10.0 Å². The van der Waals surface area contributed by atoms with Crippen molar-refractivity contribution in [1.82, 2.24) is 14.3 Å². The van der Waals surface area contributed by atoms with E-state index in [0.29, 0.717) is 31.8 Å². The fourth-order valence-electron chi connectivity index (χ4n) is 1.78. The average molecular weight is 244 g/mol. The summed E-state index contributed by atoms with van der Waals surface area (Å²) in [6.45, 7) is 2.70. The number of aryl methyl sites for hydroxylation is 1. The Bertz CT molecular complexity index is 460. The van der Waals surface area contributed by atoms with Gasteiger partial charge in [-0.25, -0.2) is 13.4 Å². The molecule has 90 valence electrons. The van der Waals surface area contributed by atoms with E-state index in [1.54, 1.807) is 6.92 Å². The lowest BCUT2D eigenvalue weighted by Gasteiger charge is -2.28. The second-order valence-corrected chi connectivity index (χ2v) is 5.98. The highest BCUT2D eigenvalue weighted by Crippen LogP contribution is 2.18. The highest BCUT2D eigenvalue weighted by atomic mass is 32.2. The van der Waals surface area contributed by atoms with E-state index in [9.17, 15) is 8.42 Å². The Balaban J connectivity index is 2.20. The van der Waals surface area contributed by atoms with Crippen LogP contribution in [0.3, 0.4) is 0 Å². The Kier molecular flexibility index (Phi) is 3.00. The monoisotopic (exact) mass is 244 g/mol. The maximum Gasteiger partial charge on any atom is 0.260 e. The first-order valence-electron chi connectivity index (χ1n) is 5.27. The summed E-state index contributed by atoms with van der Waals surface area (Å²) in [5, 5.41) is 0.167. The van der Waals surface area contributed by atoms with Crippen LogP contribution in [0.25, 0.3) is 0 Å². The Morgan fingerprint density at radius 2 is 2.12 bits per heavy atom. The molecule has 0 spiro atoms. The molecule has 1 saturated heterocycles. The van der Waals surface area contributed by atoms with Gasteiger partial charge in [0, 0.05) is 19.1 Å². The summed E-state index contributed by atoms with van der Waals surface area (Å²) in [4.78, 5) is 6.66. The van der Waals surface area contributed by atoms with E-state index in [1.165, 1.54) is 10.5 Å². The van der Waals surface area contributed by atoms with Gasteiger partial charge in [0.05, 0.1) is 6.20 Å². The standard InChI is InChI=1S/C9H16N4O2S/c1-7-11-6-9(12-7)16(14,15)13-4-2-8(10)3-5-13/h6,8H,2-5,10H2,1H3,(H,11,12). The van der Waals surface area contributed by atoms with Gasteiger partial charge in [0.2, 0.25) is 0 Å². The van der Waals surface area contributed by atoms with E-state index in [-0.39, 0.29) is 11.1 Å². The maximum absolute atomic E-state index is 12.1. The molecule has 6 nitrogen and oxygen atoms in total. The lowest BCUT2D eigenvalue weighted by Crippen LogP contribution is -2.42. The van der Waals surface area contributed by atoms with Crippen molar-refractivity contribution in [3.63, 3.8) is 0 Å². The molecule has 1 aliphatic heterocycles. The number of rotatable bonds is 2. The molecular weight excluding hydrogens is 228 g/mol. The summed E-state index contributed by atoms with van der Waals surface area (Å²) in [7, 11) is -3.40. The number of hydrogen-bond acceptors (Lipinski definition) is 4. The zero-order chi connectivity index (χ0) is 11.8.